The fraction of sp³-hybridized carbons (Fsp3) is 0.500. The van der Waals surface area contributed by atoms with Gasteiger partial charge in [0.05, 0.1) is 9.48 Å². The zero-order valence-corrected chi connectivity index (χ0v) is 13.5. The molecule has 0 spiro atoms. The SMILES string of the molecule is Cc1noc(C)c1CNC1CCCc2sc(Br)cc21. The van der Waals surface area contributed by atoms with Crippen LogP contribution in [-0.4, -0.2) is 5.16 Å². The van der Waals surface area contributed by atoms with E-state index in [4.69, 9.17) is 4.52 Å². The highest BCUT2D eigenvalue weighted by Crippen LogP contribution is 2.38. The fourth-order valence-electron chi connectivity index (χ4n) is 2.71. The number of thiophene rings is 1. The first-order valence-corrected chi connectivity index (χ1v) is 8.19. The third-order valence-electron chi connectivity index (χ3n) is 3.79. The summed E-state index contributed by atoms with van der Waals surface area (Å²) in [7, 11) is 0. The van der Waals surface area contributed by atoms with Gasteiger partial charge >= 0.3 is 0 Å². The van der Waals surface area contributed by atoms with Crippen LogP contribution < -0.4 is 5.32 Å². The van der Waals surface area contributed by atoms with E-state index < -0.39 is 0 Å². The number of hydrogen-bond acceptors (Lipinski definition) is 4. The smallest absolute Gasteiger partial charge is 0.138 e. The largest absolute Gasteiger partial charge is 0.361 e. The standard InChI is InChI=1S/C14H17BrN2OS/c1-8-11(9(2)18-17-8)7-16-12-4-3-5-13-10(12)6-14(15)19-13/h6,12,16H,3-5,7H2,1-2H3. The second kappa shape index (κ2) is 5.38. The van der Waals surface area contributed by atoms with Gasteiger partial charge in [-0.25, -0.2) is 0 Å². The lowest BCUT2D eigenvalue weighted by atomic mass is 9.94. The second-order valence-corrected chi connectivity index (χ2v) is 7.57. The summed E-state index contributed by atoms with van der Waals surface area (Å²) >= 11 is 5.47. The van der Waals surface area contributed by atoms with Gasteiger partial charge < -0.3 is 9.84 Å². The van der Waals surface area contributed by atoms with E-state index in [0.29, 0.717) is 6.04 Å². The molecule has 0 saturated carbocycles. The van der Waals surface area contributed by atoms with Crippen molar-refractivity contribution in [1.82, 2.24) is 10.5 Å². The molecule has 1 aliphatic rings. The molecular weight excluding hydrogens is 324 g/mol. The number of aromatic nitrogens is 1. The van der Waals surface area contributed by atoms with E-state index in [1.54, 1.807) is 0 Å². The fourth-order valence-corrected chi connectivity index (χ4v) is 4.53. The molecule has 0 aromatic carbocycles. The molecule has 0 fully saturated rings. The summed E-state index contributed by atoms with van der Waals surface area (Å²) in [6.07, 6.45) is 3.69. The van der Waals surface area contributed by atoms with Gasteiger partial charge in [0, 0.05) is 23.0 Å². The Labute approximate surface area is 125 Å². The molecule has 3 nitrogen and oxygen atoms in total. The molecule has 0 radical (unpaired) electrons. The Hall–Kier alpha value is -0.650. The van der Waals surface area contributed by atoms with Crippen LogP contribution in [0.1, 0.15) is 46.3 Å². The lowest BCUT2D eigenvalue weighted by molar-refractivity contribution is 0.390. The number of aryl methyl sites for hydroxylation is 3. The molecule has 2 aromatic rings. The van der Waals surface area contributed by atoms with Crippen LogP contribution in [-0.2, 0) is 13.0 Å². The first-order chi connectivity index (χ1) is 9.15. The van der Waals surface area contributed by atoms with E-state index in [1.807, 2.05) is 25.2 Å². The van der Waals surface area contributed by atoms with Crippen LogP contribution in [0.3, 0.4) is 0 Å². The van der Waals surface area contributed by atoms with E-state index in [2.05, 4.69) is 32.5 Å². The highest BCUT2D eigenvalue weighted by atomic mass is 79.9. The van der Waals surface area contributed by atoms with Crippen molar-refractivity contribution < 1.29 is 4.52 Å². The number of nitrogens with one attached hydrogen (secondary N) is 1. The number of fused-ring (bicyclic) bond motifs is 1. The van der Waals surface area contributed by atoms with Crippen molar-refractivity contribution in [3.05, 3.63) is 37.3 Å². The topological polar surface area (TPSA) is 38.1 Å². The van der Waals surface area contributed by atoms with E-state index in [0.717, 1.165) is 18.0 Å². The molecule has 1 atom stereocenters. The Bertz CT molecular complexity index is 571. The molecule has 2 aromatic heterocycles. The molecule has 0 saturated heterocycles. The molecule has 0 aliphatic heterocycles. The van der Waals surface area contributed by atoms with Crippen LogP contribution in [0.15, 0.2) is 14.4 Å². The van der Waals surface area contributed by atoms with Crippen LogP contribution in [0.25, 0.3) is 0 Å². The third kappa shape index (κ3) is 2.64. The molecule has 0 bridgehead atoms. The van der Waals surface area contributed by atoms with Gasteiger partial charge in [0.2, 0.25) is 0 Å². The molecule has 1 aliphatic carbocycles. The normalized spacial score (nSPS) is 18.6. The zero-order valence-electron chi connectivity index (χ0n) is 11.1. The average Bonchev–Trinajstić information content (AvgIpc) is 2.90. The highest BCUT2D eigenvalue weighted by molar-refractivity contribution is 9.11. The van der Waals surface area contributed by atoms with E-state index in [9.17, 15) is 0 Å². The monoisotopic (exact) mass is 340 g/mol. The highest BCUT2D eigenvalue weighted by Gasteiger charge is 2.23. The van der Waals surface area contributed by atoms with Crippen molar-refractivity contribution >= 4 is 27.3 Å². The minimum absolute atomic E-state index is 0.458. The van der Waals surface area contributed by atoms with Crippen LogP contribution in [0, 0.1) is 13.8 Å². The van der Waals surface area contributed by atoms with Crippen molar-refractivity contribution in [3.8, 4) is 0 Å². The van der Waals surface area contributed by atoms with E-state index in [1.165, 1.54) is 39.1 Å². The number of rotatable bonds is 3. The Balaban J connectivity index is 1.75. The van der Waals surface area contributed by atoms with Gasteiger partial charge in [-0.2, -0.15) is 0 Å². The van der Waals surface area contributed by atoms with Crippen molar-refractivity contribution in [2.24, 2.45) is 0 Å². The summed E-state index contributed by atoms with van der Waals surface area (Å²) in [6, 6.07) is 2.73. The molecule has 5 heteroatoms. The Morgan fingerprint density at radius 2 is 2.37 bits per heavy atom. The van der Waals surface area contributed by atoms with Gasteiger partial charge in [-0.3, -0.25) is 0 Å². The molecule has 1 N–H and O–H groups in total. The van der Waals surface area contributed by atoms with Crippen LogP contribution in [0.2, 0.25) is 0 Å². The molecule has 0 amide bonds. The number of nitrogens with zero attached hydrogens (tertiary/aromatic N) is 1. The van der Waals surface area contributed by atoms with Gasteiger partial charge in [-0.05, 0) is 60.7 Å². The van der Waals surface area contributed by atoms with Gasteiger partial charge in [-0.1, -0.05) is 5.16 Å². The summed E-state index contributed by atoms with van der Waals surface area (Å²) in [6.45, 7) is 4.81. The summed E-state index contributed by atoms with van der Waals surface area (Å²) in [5.74, 6) is 0.924. The van der Waals surface area contributed by atoms with Crippen LogP contribution >= 0.6 is 27.3 Å². The minimum atomic E-state index is 0.458. The molecule has 3 rings (SSSR count). The van der Waals surface area contributed by atoms with Crippen molar-refractivity contribution in [2.45, 2.75) is 45.7 Å². The first-order valence-electron chi connectivity index (χ1n) is 6.58. The third-order valence-corrected chi connectivity index (χ3v) is 5.50. The second-order valence-electron chi connectivity index (χ2n) is 5.06. The van der Waals surface area contributed by atoms with Gasteiger partial charge in [0.15, 0.2) is 0 Å². The zero-order chi connectivity index (χ0) is 13.4. The summed E-state index contributed by atoms with van der Waals surface area (Å²) in [5, 5.41) is 7.67. The molecule has 2 heterocycles. The van der Waals surface area contributed by atoms with E-state index >= 15 is 0 Å². The quantitative estimate of drug-likeness (QED) is 0.905. The number of halogens is 1. The lowest BCUT2D eigenvalue weighted by Crippen LogP contribution is -2.24. The summed E-state index contributed by atoms with van der Waals surface area (Å²) in [5.41, 5.74) is 3.66. The molecule has 1 unspecified atom stereocenters. The van der Waals surface area contributed by atoms with Gasteiger partial charge in [0.25, 0.3) is 0 Å². The Morgan fingerprint density at radius 3 is 3.11 bits per heavy atom. The van der Waals surface area contributed by atoms with Crippen LogP contribution in [0.4, 0.5) is 0 Å². The predicted molar refractivity (Wildman–Crippen MR) is 80.5 cm³/mol. The molecule has 19 heavy (non-hydrogen) atoms. The maximum atomic E-state index is 5.21. The summed E-state index contributed by atoms with van der Waals surface area (Å²) in [4.78, 5) is 1.52. The van der Waals surface area contributed by atoms with Gasteiger partial charge in [0.1, 0.15) is 5.76 Å². The van der Waals surface area contributed by atoms with Crippen LogP contribution in [0.5, 0.6) is 0 Å². The Kier molecular flexibility index (Phi) is 3.78. The number of hydrogen-bond donors (Lipinski definition) is 1. The summed E-state index contributed by atoms with van der Waals surface area (Å²) < 4.78 is 6.45. The maximum absolute atomic E-state index is 5.21. The van der Waals surface area contributed by atoms with Crippen molar-refractivity contribution in [2.75, 3.05) is 0 Å². The lowest BCUT2D eigenvalue weighted by Gasteiger charge is -2.23. The first kappa shape index (κ1) is 13.3. The minimum Gasteiger partial charge on any atom is -0.361 e. The Morgan fingerprint density at radius 1 is 1.53 bits per heavy atom. The average molecular weight is 341 g/mol. The predicted octanol–water partition coefficient (Wildman–Crippen LogP) is 4.28. The molecular formula is C14H17BrN2OS. The van der Waals surface area contributed by atoms with E-state index in [-0.39, 0.29) is 0 Å². The molecule has 102 valence electrons. The van der Waals surface area contributed by atoms with Crippen molar-refractivity contribution in [1.29, 1.82) is 0 Å². The maximum Gasteiger partial charge on any atom is 0.138 e. The van der Waals surface area contributed by atoms with Crippen molar-refractivity contribution in [3.63, 3.8) is 0 Å². The van der Waals surface area contributed by atoms with Gasteiger partial charge in [-0.15, -0.1) is 11.3 Å².